The van der Waals surface area contributed by atoms with Crippen LogP contribution in [-0.2, 0) is 6.54 Å². The number of furan rings is 1. The molecule has 2 atom stereocenters. The van der Waals surface area contributed by atoms with Gasteiger partial charge in [-0.1, -0.05) is 0 Å². The van der Waals surface area contributed by atoms with E-state index < -0.39 is 0 Å². The molecule has 0 aliphatic carbocycles. The van der Waals surface area contributed by atoms with Gasteiger partial charge in [0.15, 0.2) is 0 Å². The SMILES string of the molecule is O=C(N[C@@H]1CN(Cc2ccco2)C[C@H]1CO)c1ccncc1. The molecular formula is C16H19N3O3. The lowest BCUT2D eigenvalue weighted by Gasteiger charge is -2.18. The zero-order chi connectivity index (χ0) is 15.4. The second kappa shape index (κ2) is 6.72. The van der Waals surface area contributed by atoms with Crippen LogP contribution in [0.15, 0.2) is 47.3 Å². The number of hydrogen-bond donors (Lipinski definition) is 2. The molecule has 0 saturated carbocycles. The van der Waals surface area contributed by atoms with Crippen molar-refractivity contribution in [2.24, 2.45) is 5.92 Å². The average molecular weight is 301 g/mol. The zero-order valence-corrected chi connectivity index (χ0v) is 12.2. The second-order valence-electron chi connectivity index (χ2n) is 5.53. The molecule has 1 amide bonds. The molecule has 6 heteroatoms. The Labute approximate surface area is 128 Å². The molecule has 6 nitrogen and oxygen atoms in total. The number of pyridine rings is 1. The van der Waals surface area contributed by atoms with Crippen molar-refractivity contribution >= 4 is 5.91 Å². The number of rotatable bonds is 5. The third kappa shape index (κ3) is 3.35. The molecule has 1 aliphatic rings. The molecule has 0 aromatic carbocycles. The molecule has 0 spiro atoms. The van der Waals surface area contributed by atoms with Gasteiger partial charge in [0.25, 0.3) is 5.91 Å². The number of carbonyl (C=O) groups excluding carboxylic acids is 1. The largest absolute Gasteiger partial charge is 0.468 e. The van der Waals surface area contributed by atoms with Gasteiger partial charge in [0, 0.05) is 49.6 Å². The van der Waals surface area contributed by atoms with Gasteiger partial charge in [-0.2, -0.15) is 0 Å². The monoisotopic (exact) mass is 301 g/mol. The first-order valence-electron chi connectivity index (χ1n) is 7.32. The van der Waals surface area contributed by atoms with E-state index >= 15 is 0 Å². The van der Waals surface area contributed by atoms with E-state index in [9.17, 15) is 9.90 Å². The molecule has 2 aromatic rings. The molecule has 1 aliphatic heterocycles. The lowest BCUT2D eigenvalue weighted by atomic mass is 10.0. The number of carbonyl (C=O) groups is 1. The van der Waals surface area contributed by atoms with E-state index in [1.165, 1.54) is 0 Å². The summed E-state index contributed by atoms with van der Waals surface area (Å²) in [6.45, 7) is 2.17. The lowest BCUT2D eigenvalue weighted by Crippen LogP contribution is -2.41. The number of nitrogens with zero attached hydrogens (tertiary/aromatic N) is 2. The van der Waals surface area contributed by atoms with Crippen LogP contribution in [-0.4, -0.2) is 46.6 Å². The van der Waals surface area contributed by atoms with Crippen LogP contribution in [0.1, 0.15) is 16.1 Å². The van der Waals surface area contributed by atoms with Crippen LogP contribution < -0.4 is 5.32 Å². The Kier molecular flexibility index (Phi) is 4.50. The van der Waals surface area contributed by atoms with Crippen molar-refractivity contribution in [1.82, 2.24) is 15.2 Å². The zero-order valence-electron chi connectivity index (χ0n) is 12.2. The smallest absolute Gasteiger partial charge is 0.251 e. The lowest BCUT2D eigenvalue weighted by molar-refractivity contribution is 0.0921. The van der Waals surface area contributed by atoms with E-state index in [2.05, 4.69) is 15.2 Å². The summed E-state index contributed by atoms with van der Waals surface area (Å²) in [5.41, 5.74) is 0.580. The van der Waals surface area contributed by atoms with Gasteiger partial charge in [0.1, 0.15) is 5.76 Å². The number of nitrogens with one attached hydrogen (secondary N) is 1. The molecule has 22 heavy (non-hydrogen) atoms. The van der Waals surface area contributed by atoms with Gasteiger partial charge in [-0.15, -0.1) is 0 Å². The van der Waals surface area contributed by atoms with E-state index in [1.807, 2.05) is 12.1 Å². The Balaban J connectivity index is 1.61. The highest BCUT2D eigenvalue weighted by molar-refractivity contribution is 5.94. The van der Waals surface area contributed by atoms with Crippen LogP contribution in [0, 0.1) is 5.92 Å². The average Bonchev–Trinajstić information content (AvgIpc) is 3.18. The number of aromatic nitrogens is 1. The predicted octanol–water partition coefficient (Wildman–Crippen LogP) is 0.897. The Morgan fingerprint density at radius 1 is 1.36 bits per heavy atom. The van der Waals surface area contributed by atoms with Crippen LogP contribution in [0.2, 0.25) is 0 Å². The summed E-state index contributed by atoms with van der Waals surface area (Å²) >= 11 is 0. The van der Waals surface area contributed by atoms with Crippen molar-refractivity contribution in [3.8, 4) is 0 Å². The van der Waals surface area contributed by atoms with Gasteiger partial charge in [-0.3, -0.25) is 14.7 Å². The summed E-state index contributed by atoms with van der Waals surface area (Å²) in [4.78, 5) is 18.3. The Morgan fingerprint density at radius 2 is 2.18 bits per heavy atom. The highest BCUT2D eigenvalue weighted by atomic mass is 16.3. The third-order valence-electron chi connectivity index (χ3n) is 3.97. The van der Waals surface area contributed by atoms with Gasteiger partial charge in [0.05, 0.1) is 12.8 Å². The highest BCUT2D eigenvalue weighted by Crippen LogP contribution is 2.19. The van der Waals surface area contributed by atoms with Crippen molar-refractivity contribution in [3.05, 3.63) is 54.2 Å². The number of amides is 1. The van der Waals surface area contributed by atoms with Crippen molar-refractivity contribution < 1.29 is 14.3 Å². The number of aliphatic hydroxyl groups is 1. The Hall–Kier alpha value is -2.18. The maximum absolute atomic E-state index is 12.2. The van der Waals surface area contributed by atoms with Gasteiger partial charge in [-0.25, -0.2) is 0 Å². The summed E-state index contributed by atoms with van der Waals surface area (Å²) in [5, 5.41) is 12.6. The third-order valence-corrected chi connectivity index (χ3v) is 3.97. The van der Waals surface area contributed by atoms with Crippen molar-refractivity contribution in [3.63, 3.8) is 0 Å². The van der Waals surface area contributed by atoms with Gasteiger partial charge in [-0.05, 0) is 24.3 Å². The fraction of sp³-hybridized carbons (Fsp3) is 0.375. The first kappa shape index (κ1) is 14.7. The maximum atomic E-state index is 12.2. The fourth-order valence-electron chi connectivity index (χ4n) is 2.82. The minimum atomic E-state index is -0.134. The minimum absolute atomic E-state index is 0.0285. The van der Waals surface area contributed by atoms with Crippen LogP contribution in [0.4, 0.5) is 0 Å². The summed E-state index contributed by atoms with van der Waals surface area (Å²) in [6, 6.07) is 7.08. The summed E-state index contributed by atoms with van der Waals surface area (Å²) < 4.78 is 5.35. The van der Waals surface area contributed by atoms with Gasteiger partial charge >= 0.3 is 0 Å². The summed E-state index contributed by atoms with van der Waals surface area (Å²) in [5.74, 6) is 0.782. The number of aliphatic hydroxyl groups excluding tert-OH is 1. The van der Waals surface area contributed by atoms with Crippen molar-refractivity contribution in [1.29, 1.82) is 0 Å². The van der Waals surface area contributed by atoms with Gasteiger partial charge < -0.3 is 14.8 Å². The standard InChI is InChI=1S/C16H19N3O3/c20-11-13-8-19(9-14-2-1-7-22-14)10-15(13)18-16(21)12-3-5-17-6-4-12/h1-7,13,15,20H,8-11H2,(H,18,21)/t13-,15+/m0/s1. The topological polar surface area (TPSA) is 78.6 Å². The quantitative estimate of drug-likeness (QED) is 0.858. The van der Waals surface area contributed by atoms with Crippen molar-refractivity contribution in [2.45, 2.75) is 12.6 Å². The molecule has 116 valence electrons. The molecule has 3 heterocycles. The van der Waals surface area contributed by atoms with E-state index in [0.29, 0.717) is 18.7 Å². The molecule has 2 N–H and O–H groups in total. The van der Waals surface area contributed by atoms with Crippen LogP contribution in [0.25, 0.3) is 0 Å². The highest BCUT2D eigenvalue weighted by Gasteiger charge is 2.33. The fourth-order valence-corrected chi connectivity index (χ4v) is 2.82. The predicted molar refractivity (Wildman–Crippen MR) is 80.1 cm³/mol. The first-order valence-corrected chi connectivity index (χ1v) is 7.32. The van der Waals surface area contributed by atoms with E-state index in [1.54, 1.807) is 30.8 Å². The van der Waals surface area contributed by atoms with Crippen LogP contribution in [0.3, 0.4) is 0 Å². The molecule has 0 radical (unpaired) electrons. The molecule has 0 bridgehead atoms. The molecule has 0 unspecified atom stereocenters. The van der Waals surface area contributed by atoms with Gasteiger partial charge in [0.2, 0.25) is 0 Å². The molecule has 2 aromatic heterocycles. The maximum Gasteiger partial charge on any atom is 0.251 e. The number of likely N-dealkylation sites (tertiary alicyclic amines) is 1. The Bertz CT molecular complexity index is 600. The molecular weight excluding hydrogens is 282 g/mol. The number of hydrogen-bond acceptors (Lipinski definition) is 5. The first-order chi connectivity index (χ1) is 10.8. The molecule has 1 fully saturated rings. The molecule has 1 saturated heterocycles. The normalized spacial score (nSPS) is 21.9. The minimum Gasteiger partial charge on any atom is -0.468 e. The van der Waals surface area contributed by atoms with E-state index in [-0.39, 0.29) is 24.5 Å². The van der Waals surface area contributed by atoms with E-state index in [4.69, 9.17) is 4.42 Å². The van der Waals surface area contributed by atoms with Crippen molar-refractivity contribution in [2.75, 3.05) is 19.7 Å². The van der Waals surface area contributed by atoms with Crippen LogP contribution >= 0.6 is 0 Å². The Morgan fingerprint density at radius 3 is 2.86 bits per heavy atom. The van der Waals surface area contributed by atoms with Crippen LogP contribution in [0.5, 0.6) is 0 Å². The summed E-state index contributed by atoms with van der Waals surface area (Å²) in [7, 11) is 0. The summed E-state index contributed by atoms with van der Waals surface area (Å²) in [6.07, 6.45) is 4.84. The van der Waals surface area contributed by atoms with E-state index in [0.717, 1.165) is 12.3 Å². The molecule has 3 rings (SSSR count). The second-order valence-corrected chi connectivity index (χ2v) is 5.53.